The van der Waals surface area contributed by atoms with Gasteiger partial charge in [-0.3, -0.25) is 10.4 Å². The van der Waals surface area contributed by atoms with Gasteiger partial charge in [0.2, 0.25) is 0 Å². The lowest BCUT2D eigenvalue weighted by Gasteiger charge is -2.11. The minimum absolute atomic E-state index is 0.0929. The molecule has 104 valence electrons. The Hall–Kier alpha value is -2.43. The Morgan fingerprint density at radius 1 is 1.30 bits per heavy atom. The fourth-order valence-corrected chi connectivity index (χ4v) is 1.81. The van der Waals surface area contributed by atoms with E-state index in [1.165, 1.54) is 12.1 Å². The summed E-state index contributed by atoms with van der Waals surface area (Å²) in [7, 11) is 0. The maximum Gasteiger partial charge on any atom is 0.166 e. The van der Waals surface area contributed by atoms with E-state index in [2.05, 4.69) is 4.98 Å². The molecule has 0 saturated carbocycles. The fourth-order valence-electron chi connectivity index (χ4n) is 1.81. The molecule has 0 radical (unpaired) electrons. The van der Waals surface area contributed by atoms with Crippen LogP contribution in [0.2, 0.25) is 0 Å². The molecular formula is C15H16FN3O. The minimum Gasteiger partial charge on any atom is -0.452 e. The van der Waals surface area contributed by atoms with E-state index in [0.717, 1.165) is 11.4 Å². The molecule has 1 aromatic carbocycles. The van der Waals surface area contributed by atoms with Crippen molar-refractivity contribution in [2.75, 3.05) is 0 Å². The number of hydrogen-bond donors (Lipinski definition) is 2. The highest BCUT2D eigenvalue weighted by Gasteiger charge is 2.10. The van der Waals surface area contributed by atoms with Crippen LogP contribution in [-0.2, 0) is 6.42 Å². The monoisotopic (exact) mass is 273 g/mol. The van der Waals surface area contributed by atoms with Crippen LogP contribution in [0.4, 0.5) is 4.39 Å². The van der Waals surface area contributed by atoms with E-state index in [4.69, 9.17) is 15.9 Å². The Labute approximate surface area is 116 Å². The molecule has 0 saturated heterocycles. The van der Waals surface area contributed by atoms with E-state index in [1.54, 1.807) is 12.1 Å². The van der Waals surface area contributed by atoms with Crippen molar-refractivity contribution < 1.29 is 9.13 Å². The summed E-state index contributed by atoms with van der Waals surface area (Å²) in [6.45, 7) is 3.86. The van der Waals surface area contributed by atoms with Gasteiger partial charge in [0.05, 0.1) is 5.69 Å². The van der Waals surface area contributed by atoms with E-state index in [9.17, 15) is 4.39 Å². The number of nitrogens with zero attached hydrogens (tertiary/aromatic N) is 1. The molecule has 2 rings (SSSR count). The highest BCUT2D eigenvalue weighted by atomic mass is 19.1. The Morgan fingerprint density at radius 3 is 2.60 bits per heavy atom. The molecule has 4 nitrogen and oxygen atoms in total. The zero-order valence-electron chi connectivity index (χ0n) is 11.4. The maximum absolute atomic E-state index is 13.9. The molecule has 2 aromatic rings. The number of halogens is 1. The zero-order chi connectivity index (χ0) is 14.7. The van der Waals surface area contributed by atoms with Gasteiger partial charge in [-0.2, -0.15) is 0 Å². The first-order valence-electron chi connectivity index (χ1n) is 6.29. The van der Waals surface area contributed by atoms with Gasteiger partial charge in [0.25, 0.3) is 0 Å². The van der Waals surface area contributed by atoms with Crippen molar-refractivity contribution in [2.45, 2.75) is 20.3 Å². The third kappa shape index (κ3) is 2.93. The highest BCUT2D eigenvalue weighted by molar-refractivity contribution is 5.95. The molecule has 0 fully saturated rings. The quantitative estimate of drug-likeness (QED) is 0.664. The topological polar surface area (TPSA) is 72.0 Å². The molecule has 1 aromatic heterocycles. The van der Waals surface area contributed by atoms with E-state index in [1.807, 2.05) is 19.9 Å². The van der Waals surface area contributed by atoms with Gasteiger partial charge in [-0.1, -0.05) is 6.92 Å². The van der Waals surface area contributed by atoms with Crippen molar-refractivity contribution in [3.63, 3.8) is 0 Å². The number of rotatable bonds is 4. The van der Waals surface area contributed by atoms with Crippen LogP contribution in [0.5, 0.6) is 11.5 Å². The van der Waals surface area contributed by atoms with Crippen molar-refractivity contribution in [3.8, 4) is 11.5 Å². The van der Waals surface area contributed by atoms with Gasteiger partial charge in [-0.15, -0.1) is 0 Å². The predicted molar refractivity (Wildman–Crippen MR) is 75.8 cm³/mol. The first kappa shape index (κ1) is 14.0. The fraction of sp³-hybridized carbons (Fsp3) is 0.200. The average molecular weight is 273 g/mol. The molecule has 0 aliphatic carbocycles. The van der Waals surface area contributed by atoms with E-state index < -0.39 is 5.82 Å². The lowest BCUT2D eigenvalue weighted by atomic mass is 10.2. The summed E-state index contributed by atoms with van der Waals surface area (Å²) in [6.07, 6.45) is 0.699. The highest BCUT2D eigenvalue weighted by Crippen LogP contribution is 2.27. The predicted octanol–water partition coefficient (Wildman–Crippen LogP) is 3.17. The Morgan fingerprint density at radius 2 is 2.00 bits per heavy atom. The van der Waals surface area contributed by atoms with Gasteiger partial charge >= 0.3 is 0 Å². The molecule has 0 spiro atoms. The van der Waals surface area contributed by atoms with E-state index in [0.29, 0.717) is 17.7 Å². The number of amidine groups is 1. The average Bonchev–Trinajstić information content (AvgIpc) is 2.42. The lowest BCUT2D eigenvalue weighted by molar-refractivity contribution is 0.435. The second-order valence-corrected chi connectivity index (χ2v) is 4.41. The number of nitrogens with two attached hydrogens (primary N) is 1. The summed E-state index contributed by atoms with van der Waals surface area (Å²) < 4.78 is 19.5. The number of pyridine rings is 1. The molecule has 20 heavy (non-hydrogen) atoms. The SMILES string of the molecule is CCc1nc(C)ccc1Oc1ccc(C(=N)N)cc1F. The molecule has 0 unspecified atom stereocenters. The van der Waals surface area contributed by atoms with Crippen LogP contribution < -0.4 is 10.5 Å². The Balaban J connectivity index is 2.33. The second kappa shape index (κ2) is 5.69. The van der Waals surface area contributed by atoms with Crippen LogP contribution in [0.25, 0.3) is 0 Å². The summed E-state index contributed by atoms with van der Waals surface area (Å²) in [5.74, 6) is -0.107. The lowest BCUT2D eigenvalue weighted by Crippen LogP contribution is -2.11. The Bertz CT molecular complexity index is 656. The van der Waals surface area contributed by atoms with Crippen LogP contribution in [0, 0.1) is 18.2 Å². The van der Waals surface area contributed by atoms with Crippen LogP contribution in [0.3, 0.4) is 0 Å². The number of ether oxygens (including phenoxy) is 1. The first-order chi connectivity index (χ1) is 9.51. The van der Waals surface area contributed by atoms with Gasteiger partial charge in [-0.05, 0) is 43.7 Å². The minimum atomic E-state index is -0.555. The van der Waals surface area contributed by atoms with Gasteiger partial charge in [0, 0.05) is 11.3 Å². The molecule has 3 N–H and O–H groups in total. The van der Waals surface area contributed by atoms with E-state index in [-0.39, 0.29) is 11.6 Å². The number of aromatic nitrogens is 1. The summed E-state index contributed by atoms with van der Waals surface area (Å²) in [4.78, 5) is 4.36. The first-order valence-corrected chi connectivity index (χ1v) is 6.29. The summed E-state index contributed by atoms with van der Waals surface area (Å²) >= 11 is 0. The largest absolute Gasteiger partial charge is 0.452 e. The standard InChI is InChI=1S/C15H16FN3O/c1-3-12-14(6-4-9(2)19-12)20-13-7-5-10(15(17)18)8-11(13)16/h4-8H,3H2,1-2H3,(H3,17,18). The Kier molecular flexibility index (Phi) is 3.98. The molecule has 0 bridgehead atoms. The van der Waals surface area contributed by atoms with Gasteiger partial charge in [0.15, 0.2) is 11.6 Å². The van der Waals surface area contributed by atoms with Crippen molar-refractivity contribution >= 4 is 5.84 Å². The maximum atomic E-state index is 13.9. The summed E-state index contributed by atoms with van der Waals surface area (Å²) in [5.41, 5.74) is 7.31. The van der Waals surface area contributed by atoms with E-state index >= 15 is 0 Å². The third-order valence-electron chi connectivity index (χ3n) is 2.87. The molecule has 1 heterocycles. The number of nitrogen functional groups attached to an aromatic ring is 1. The van der Waals surface area contributed by atoms with Gasteiger partial charge in [-0.25, -0.2) is 4.39 Å². The normalized spacial score (nSPS) is 10.3. The zero-order valence-corrected chi connectivity index (χ0v) is 11.4. The molecule has 5 heteroatoms. The third-order valence-corrected chi connectivity index (χ3v) is 2.87. The van der Waals surface area contributed by atoms with Gasteiger partial charge in [0.1, 0.15) is 11.6 Å². The van der Waals surface area contributed by atoms with Crippen molar-refractivity contribution in [3.05, 3.63) is 53.1 Å². The van der Waals surface area contributed by atoms with Crippen molar-refractivity contribution in [1.29, 1.82) is 5.41 Å². The molecule has 0 amide bonds. The molecule has 0 aliphatic heterocycles. The van der Waals surface area contributed by atoms with Gasteiger partial charge < -0.3 is 10.5 Å². The molecule has 0 atom stereocenters. The molecular weight excluding hydrogens is 257 g/mol. The van der Waals surface area contributed by atoms with Crippen LogP contribution in [0.1, 0.15) is 23.9 Å². The number of nitrogens with one attached hydrogen (secondary N) is 1. The number of hydrogen-bond acceptors (Lipinski definition) is 3. The summed E-state index contributed by atoms with van der Waals surface area (Å²) in [5, 5.41) is 7.27. The van der Waals surface area contributed by atoms with Crippen LogP contribution in [0.15, 0.2) is 30.3 Å². The van der Waals surface area contributed by atoms with Crippen molar-refractivity contribution in [1.82, 2.24) is 4.98 Å². The molecule has 0 aliphatic rings. The van der Waals surface area contributed by atoms with Crippen LogP contribution >= 0.6 is 0 Å². The summed E-state index contributed by atoms with van der Waals surface area (Å²) in [6, 6.07) is 7.79. The van der Waals surface area contributed by atoms with Crippen molar-refractivity contribution in [2.24, 2.45) is 5.73 Å². The second-order valence-electron chi connectivity index (χ2n) is 4.41. The number of benzene rings is 1. The van der Waals surface area contributed by atoms with Crippen LogP contribution in [-0.4, -0.2) is 10.8 Å². The smallest absolute Gasteiger partial charge is 0.166 e. The number of aryl methyl sites for hydroxylation is 2.